The van der Waals surface area contributed by atoms with Gasteiger partial charge in [-0.15, -0.1) is 0 Å². The summed E-state index contributed by atoms with van der Waals surface area (Å²) in [4.78, 5) is 8.88. The summed E-state index contributed by atoms with van der Waals surface area (Å²) in [6, 6.07) is 7.91. The molecule has 2 rings (SSSR count). The Morgan fingerprint density at radius 3 is 2.60 bits per heavy atom. The number of rotatable bonds is 5. The van der Waals surface area contributed by atoms with Crippen LogP contribution in [0.25, 0.3) is 11.4 Å². The molecule has 1 heterocycles. The molecule has 106 valence electrons. The normalized spacial score (nSPS) is 10.8. The Kier molecular flexibility index (Phi) is 5.27. The molecule has 5 nitrogen and oxygen atoms in total. The number of benzene rings is 1. The average Bonchev–Trinajstić information content (AvgIpc) is 2.44. The minimum Gasteiger partial charge on any atom is -0.383 e. The molecule has 0 spiro atoms. The van der Waals surface area contributed by atoms with Gasteiger partial charge in [-0.3, -0.25) is 0 Å². The quantitative estimate of drug-likeness (QED) is 0.802. The third-order valence-corrected chi connectivity index (χ3v) is 3.90. The number of ether oxygens (including phenoxy) is 2. The highest BCUT2D eigenvalue weighted by Gasteiger charge is 2.11. The molecule has 20 heavy (non-hydrogen) atoms. The van der Waals surface area contributed by atoms with E-state index in [9.17, 15) is 0 Å². The number of nitrogens with two attached hydrogens (primary N) is 1. The fraction of sp³-hybridized carbons (Fsp3) is 0.286. The molecule has 0 aliphatic rings. The average molecular weight is 385 g/mol. The van der Waals surface area contributed by atoms with Crippen LogP contribution in [-0.2, 0) is 22.7 Å². The van der Waals surface area contributed by atoms with E-state index in [0.717, 1.165) is 20.4 Å². The van der Waals surface area contributed by atoms with Crippen molar-refractivity contribution in [2.75, 3.05) is 20.0 Å². The zero-order valence-corrected chi connectivity index (χ0v) is 13.5. The molecule has 0 atom stereocenters. The Morgan fingerprint density at radius 1 is 1.15 bits per heavy atom. The Labute approximate surface area is 131 Å². The van der Waals surface area contributed by atoms with E-state index < -0.39 is 0 Å². The van der Waals surface area contributed by atoms with E-state index in [1.165, 1.54) is 0 Å². The Bertz CT molecular complexity index is 605. The van der Waals surface area contributed by atoms with Gasteiger partial charge in [-0.25, -0.2) is 9.97 Å². The van der Waals surface area contributed by atoms with Crippen LogP contribution in [0.3, 0.4) is 0 Å². The number of nitrogen functional groups attached to an aromatic ring is 1. The second-order valence-electron chi connectivity index (χ2n) is 4.26. The van der Waals surface area contributed by atoms with Crippen molar-refractivity contribution in [3.8, 4) is 11.4 Å². The lowest BCUT2D eigenvalue weighted by Crippen LogP contribution is -2.06. The first-order valence-corrected chi connectivity index (χ1v) is 7.12. The summed E-state index contributed by atoms with van der Waals surface area (Å²) in [6.45, 7) is 0.967. The molecule has 0 fully saturated rings. The number of hydrogen-bond donors (Lipinski definition) is 1. The molecule has 0 amide bonds. The summed E-state index contributed by atoms with van der Waals surface area (Å²) in [5.41, 5.74) is 8.73. The molecule has 0 bridgehead atoms. The van der Waals surface area contributed by atoms with Gasteiger partial charge in [0.1, 0.15) is 5.82 Å². The van der Waals surface area contributed by atoms with E-state index in [1.54, 1.807) is 14.2 Å². The molecule has 0 saturated carbocycles. The van der Waals surface area contributed by atoms with Gasteiger partial charge in [0.2, 0.25) is 0 Å². The summed E-state index contributed by atoms with van der Waals surface area (Å²) in [6.07, 6.45) is 0. The minimum absolute atomic E-state index is 0.412. The summed E-state index contributed by atoms with van der Waals surface area (Å²) in [5, 5.41) is 0. The van der Waals surface area contributed by atoms with E-state index in [2.05, 4.69) is 32.6 Å². The number of hydrogen-bond acceptors (Lipinski definition) is 5. The van der Waals surface area contributed by atoms with Gasteiger partial charge in [-0.1, -0.05) is 18.2 Å². The summed E-state index contributed by atoms with van der Waals surface area (Å²) < 4.78 is 11.1. The van der Waals surface area contributed by atoms with Gasteiger partial charge < -0.3 is 15.2 Å². The molecule has 0 aliphatic carbocycles. The molecule has 0 aliphatic heterocycles. The number of methoxy groups -OCH3 is 2. The number of halogens is 1. The highest BCUT2D eigenvalue weighted by molar-refractivity contribution is 14.1. The van der Waals surface area contributed by atoms with Gasteiger partial charge in [0, 0.05) is 19.8 Å². The van der Waals surface area contributed by atoms with Crippen LogP contribution >= 0.6 is 22.6 Å². The van der Waals surface area contributed by atoms with Crippen molar-refractivity contribution in [2.24, 2.45) is 0 Å². The molecular formula is C14H16IN3O2. The van der Waals surface area contributed by atoms with Crippen LogP contribution < -0.4 is 5.73 Å². The van der Waals surface area contributed by atoms with Gasteiger partial charge in [0.05, 0.1) is 22.5 Å². The number of aromatic nitrogens is 2. The zero-order valence-electron chi connectivity index (χ0n) is 11.4. The van der Waals surface area contributed by atoms with Crippen molar-refractivity contribution < 1.29 is 9.47 Å². The molecule has 1 aromatic heterocycles. The van der Waals surface area contributed by atoms with E-state index in [-0.39, 0.29) is 0 Å². The number of nitrogens with zero attached hydrogens (tertiary/aromatic N) is 2. The Morgan fingerprint density at radius 2 is 1.90 bits per heavy atom. The van der Waals surface area contributed by atoms with E-state index >= 15 is 0 Å². The van der Waals surface area contributed by atoms with Gasteiger partial charge >= 0.3 is 0 Å². The standard InChI is InChI=1S/C14H16IN3O2/c1-19-7-9-4-3-5-10(6-9)14-17-11(8-20-2)12(15)13(16)18-14/h3-6H,7-8H2,1-2H3,(H2,16,17,18). The van der Waals surface area contributed by atoms with Gasteiger partial charge in [0.15, 0.2) is 5.82 Å². The fourth-order valence-electron chi connectivity index (χ4n) is 1.84. The second-order valence-corrected chi connectivity index (χ2v) is 5.34. The van der Waals surface area contributed by atoms with Crippen LogP contribution in [-0.4, -0.2) is 24.2 Å². The van der Waals surface area contributed by atoms with Crippen LogP contribution in [0.1, 0.15) is 11.3 Å². The van der Waals surface area contributed by atoms with Crippen LogP contribution in [0, 0.1) is 3.57 Å². The largest absolute Gasteiger partial charge is 0.383 e. The maximum absolute atomic E-state index is 5.95. The molecule has 6 heteroatoms. The lowest BCUT2D eigenvalue weighted by Gasteiger charge is -2.09. The van der Waals surface area contributed by atoms with Gasteiger partial charge in [-0.2, -0.15) is 0 Å². The van der Waals surface area contributed by atoms with Crippen molar-refractivity contribution in [3.05, 3.63) is 39.1 Å². The SMILES string of the molecule is COCc1cccc(-c2nc(N)c(I)c(COC)n2)c1. The maximum Gasteiger partial charge on any atom is 0.161 e. The lowest BCUT2D eigenvalue weighted by molar-refractivity contribution is 0.181. The smallest absolute Gasteiger partial charge is 0.161 e. The molecule has 1 aromatic carbocycles. The first-order chi connectivity index (χ1) is 9.65. The fourth-order valence-corrected chi connectivity index (χ4v) is 2.24. The van der Waals surface area contributed by atoms with Crippen LogP contribution in [0.5, 0.6) is 0 Å². The first kappa shape index (κ1) is 15.1. The van der Waals surface area contributed by atoms with E-state index in [1.807, 2.05) is 24.3 Å². The Hall–Kier alpha value is -1.25. The maximum atomic E-state index is 5.95. The minimum atomic E-state index is 0.412. The first-order valence-electron chi connectivity index (χ1n) is 6.04. The van der Waals surface area contributed by atoms with Crippen molar-refractivity contribution in [2.45, 2.75) is 13.2 Å². The topological polar surface area (TPSA) is 70.3 Å². The molecule has 2 N–H and O–H groups in total. The highest BCUT2D eigenvalue weighted by Crippen LogP contribution is 2.23. The van der Waals surface area contributed by atoms with Crippen LogP contribution in [0.15, 0.2) is 24.3 Å². The van der Waals surface area contributed by atoms with Crippen LogP contribution in [0.4, 0.5) is 5.82 Å². The number of anilines is 1. The Balaban J connectivity index is 2.44. The van der Waals surface area contributed by atoms with Crippen molar-refractivity contribution in [1.29, 1.82) is 0 Å². The van der Waals surface area contributed by atoms with Gasteiger partial charge in [0.25, 0.3) is 0 Å². The third kappa shape index (κ3) is 3.44. The van der Waals surface area contributed by atoms with Crippen molar-refractivity contribution in [3.63, 3.8) is 0 Å². The molecule has 0 radical (unpaired) electrons. The van der Waals surface area contributed by atoms with Crippen LogP contribution in [0.2, 0.25) is 0 Å². The molecule has 2 aromatic rings. The predicted molar refractivity (Wildman–Crippen MR) is 86.0 cm³/mol. The van der Waals surface area contributed by atoms with E-state index in [0.29, 0.717) is 24.9 Å². The molecule has 0 unspecified atom stereocenters. The summed E-state index contributed by atoms with van der Waals surface area (Å²) in [7, 11) is 3.30. The summed E-state index contributed by atoms with van der Waals surface area (Å²) >= 11 is 2.13. The lowest BCUT2D eigenvalue weighted by atomic mass is 10.1. The van der Waals surface area contributed by atoms with Crippen molar-refractivity contribution >= 4 is 28.4 Å². The highest BCUT2D eigenvalue weighted by atomic mass is 127. The predicted octanol–water partition coefficient (Wildman–Crippen LogP) is 2.62. The van der Waals surface area contributed by atoms with Crippen molar-refractivity contribution in [1.82, 2.24) is 9.97 Å². The summed E-state index contributed by atoms with van der Waals surface area (Å²) in [5.74, 6) is 1.08. The van der Waals surface area contributed by atoms with E-state index in [4.69, 9.17) is 15.2 Å². The second kappa shape index (κ2) is 6.96. The zero-order chi connectivity index (χ0) is 14.5. The van der Waals surface area contributed by atoms with Gasteiger partial charge in [-0.05, 0) is 34.2 Å². The molecule has 0 saturated heterocycles. The third-order valence-electron chi connectivity index (χ3n) is 2.72. The molecular weight excluding hydrogens is 369 g/mol. The monoisotopic (exact) mass is 385 g/mol.